The number of hydrogen-bond donors (Lipinski definition) is 1. The molecular weight excluding hydrogens is 260 g/mol. The van der Waals surface area contributed by atoms with Gasteiger partial charge in [-0.3, -0.25) is 9.59 Å². The molecule has 0 atom stereocenters. The summed E-state index contributed by atoms with van der Waals surface area (Å²) in [5, 5.41) is 3.45. The number of Topliss-reactive ketones (excluding diaryl/α,β-unsaturated/α-hetero) is 1. The minimum atomic E-state index is -0.130. The summed E-state index contributed by atoms with van der Waals surface area (Å²) < 4.78 is 0. The zero-order chi connectivity index (χ0) is 13.8. The van der Waals surface area contributed by atoms with Gasteiger partial charge in [0.15, 0.2) is 5.78 Å². The summed E-state index contributed by atoms with van der Waals surface area (Å²) in [5.74, 6) is -0.139. The molecule has 1 aromatic carbocycles. The highest BCUT2D eigenvalue weighted by molar-refractivity contribution is 7.13. The van der Waals surface area contributed by atoms with Crippen molar-refractivity contribution in [2.24, 2.45) is 0 Å². The van der Waals surface area contributed by atoms with Gasteiger partial charge in [-0.25, -0.2) is 4.98 Å². The van der Waals surface area contributed by atoms with Gasteiger partial charge in [-0.2, -0.15) is 0 Å². The first-order valence-electron chi connectivity index (χ1n) is 5.88. The molecule has 1 aromatic heterocycles. The highest BCUT2D eigenvalue weighted by atomic mass is 32.1. The fraction of sp³-hybridized carbons (Fsp3) is 0.214. The number of amides is 1. The number of nitrogens with one attached hydrogen (secondary N) is 1. The first-order valence-corrected chi connectivity index (χ1v) is 6.70. The van der Waals surface area contributed by atoms with Crippen molar-refractivity contribution in [1.82, 2.24) is 4.98 Å². The Kier molecular flexibility index (Phi) is 4.06. The molecule has 0 saturated carbocycles. The van der Waals surface area contributed by atoms with Crippen LogP contribution in [0.3, 0.4) is 0 Å². The van der Waals surface area contributed by atoms with Gasteiger partial charge in [0, 0.05) is 12.6 Å². The monoisotopic (exact) mass is 274 g/mol. The summed E-state index contributed by atoms with van der Waals surface area (Å²) in [6.45, 7) is 3.29. The lowest BCUT2D eigenvalue weighted by Crippen LogP contribution is -2.14. The molecule has 0 aliphatic carbocycles. The first-order chi connectivity index (χ1) is 9.06. The Morgan fingerprint density at radius 2 is 1.95 bits per heavy atom. The highest BCUT2D eigenvalue weighted by Crippen LogP contribution is 2.19. The Morgan fingerprint density at radius 1 is 1.26 bits per heavy atom. The van der Waals surface area contributed by atoms with Crippen molar-refractivity contribution in [3.63, 3.8) is 0 Å². The van der Waals surface area contributed by atoms with Crippen molar-refractivity contribution in [2.45, 2.75) is 20.3 Å². The molecule has 19 heavy (non-hydrogen) atoms. The van der Waals surface area contributed by atoms with Crippen LogP contribution < -0.4 is 5.32 Å². The van der Waals surface area contributed by atoms with Crippen LogP contribution in [0.1, 0.15) is 27.3 Å². The predicted molar refractivity (Wildman–Crippen MR) is 75.6 cm³/mol. The second kappa shape index (κ2) is 5.75. The number of hydrogen-bond acceptors (Lipinski definition) is 4. The van der Waals surface area contributed by atoms with E-state index in [4.69, 9.17) is 0 Å². The molecule has 2 aromatic rings. The molecule has 0 spiro atoms. The van der Waals surface area contributed by atoms with Crippen LogP contribution in [0, 0.1) is 6.92 Å². The molecule has 0 aliphatic rings. The Labute approximate surface area is 115 Å². The summed E-state index contributed by atoms with van der Waals surface area (Å²) in [6.07, 6.45) is 0.188. The van der Waals surface area contributed by atoms with Crippen molar-refractivity contribution in [1.29, 1.82) is 0 Å². The molecule has 0 unspecified atom stereocenters. The smallest absolute Gasteiger partial charge is 0.231 e. The minimum Gasteiger partial charge on any atom is -0.326 e. The van der Waals surface area contributed by atoms with E-state index in [1.807, 2.05) is 30.3 Å². The lowest BCUT2D eigenvalue weighted by molar-refractivity contribution is -0.115. The zero-order valence-corrected chi connectivity index (χ0v) is 11.6. The van der Waals surface area contributed by atoms with Gasteiger partial charge in [0.2, 0.25) is 5.91 Å². The van der Waals surface area contributed by atoms with E-state index >= 15 is 0 Å². The number of aromatic nitrogens is 1. The maximum absolute atomic E-state index is 11.8. The first kappa shape index (κ1) is 13.4. The lowest BCUT2D eigenvalue weighted by Gasteiger charge is -2.02. The van der Waals surface area contributed by atoms with Crippen LogP contribution >= 0.6 is 11.3 Å². The Balaban J connectivity index is 2.03. The fourth-order valence-electron chi connectivity index (χ4n) is 1.72. The van der Waals surface area contributed by atoms with Crippen molar-refractivity contribution in [3.8, 4) is 0 Å². The number of para-hydroxylation sites is 1. The van der Waals surface area contributed by atoms with Crippen molar-refractivity contribution in [2.75, 3.05) is 5.32 Å². The molecule has 4 nitrogen and oxygen atoms in total. The lowest BCUT2D eigenvalue weighted by atomic mass is 10.3. The second-order valence-corrected chi connectivity index (χ2v) is 5.25. The minimum absolute atomic E-state index is 0.00952. The fourth-order valence-corrected chi connectivity index (χ4v) is 2.68. The number of aryl methyl sites for hydroxylation is 1. The molecule has 0 radical (unpaired) electrons. The van der Waals surface area contributed by atoms with Crippen LogP contribution in [0.4, 0.5) is 5.69 Å². The topological polar surface area (TPSA) is 59.1 Å². The van der Waals surface area contributed by atoms with Crippen LogP contribution in [0.25, 0.3) is 0 Å². The number of benzene rings is 1. The van der Waals surface area contributed by atoms with Gasteiger partial charge in [-0.05, 0) is 19.1 Å². The quantitative estimate of drug-likeness (QED) is 0.872. The number of rotatable bonds is 4. The molecule has 0 fully saturated rings. The van der Waals surface area contributed by atoms with Crippen LogP contribution in [-0.2, 0) is 11.2 Å². The summed E-state index contributed by atoms with van der Waals surface area (Å²) in [7, 11) is 0. The van der Waals surface area contributed by atoms with Gasteiger partial charge < -0.3 is 5.32 Å². The van der Waals surface area contributed by atoms with E-state index in [0.717, 1.165) is 5.69 Å². The SMILES string of the molecule is CC(=O)c1sc(CC(=O)Nc2ccccc2)nc1C. The number of thiazole rings is 1. The third kappa shape index (κ3) is 3.48. The van der Waals surface area contributed by atoms with Gasteiger partial charge in [0.1, 0.15) is 5.01 Å². The molecule has 98 valence electrons. The molecule has 2 rings (SSSR count). The van der Waals surface area contributed by atoms with E-state index in [1.165, 1.54) is 18.3 Å². The predicted octanol–water partition coefficient (Wildman–Crippen LogP) is 2.84. The molecule has 1 amide bonds. The molecule has 0 aliphatic heterocycles. The van der Waals surface area contributed by atoms with Crippen molar-refractivity contribution >= 4 is 28.7 Å². The van der Waals surface area contributed by atoms with Crippen molar-refractivity contribution < 1.29 is 9.59 Å². The van der Waals surface area contributed by atoms with Crippen LogP contribution in [0.2, 0.25) is 0 Å². The number of ketones is 1. The summed E-state index contributed by atoms with van der Waals surface area (Å²) >= 11 is 1.29. The third-order valence-electron chi connectivity index (χ3n) is 2.53. The van der Waals surface area contributed by atoms with Crippen LogP contribution in [0.5, 0.6) is 0 Å². The number of carbonyl (C=O) groups excluding carboxylic acids is 2. The van der Waals surface area contributed by atoms with Crippen LogP contribution in [-0.4, -0.2) is 16.7 Å². The van der Waals surface area contributed by atoms with Gasteiger partial charge in [0.05, 0.1) is 17.0 Å². The standard InChI is InChI=1S/C14H14N2O2S/c1-9-14(10(2)17)19-13(15-9)8-12(18)16-11-6-4-3-5-7-11/h3-7H,8H2,1-2H3,(H,16,18). The molecule has 0 bridgehead atoms. The van der Waals surface area contributed by atoms with Crippen molar-refractivity contribution in [3.05, 3.63) is 45.9 Å². The van der Waals surface area contributed by atoms with E-state index in [1.54, 1.807) is 6.92 Å². The van der Waals surface area contributed by atoms with E-state index in [2.05, 4.69) is 10.3 Å². The van der Waals surface area contributed by atoms with Gasteiger partial charge in [0.25, 0.3) is 0 Å². The molecule has 5 heteroatoms. The average Bonchev–Trinajstić information content (AvgIpc) is 2.71. The average molecular weight is 274 g/mol. The highest BCUT2D eigenvalue weighted by Gasteiger charge is 2.14. The van der Waals surface area contributed by atoms with Gasteiger partial charge >= 0.3 is 0 Å². The molecule has 1 heterocycles. The summed E-state index contributed by atoms with van der Waals surface area (Å²) in [4.78, 5) is 28.0. The third-order valence-corrected chi connectivity index (χ3v) is 3.79. The Morgan fingerprint density at radius 3 is 2.53 bits per heavy atom. The van der Waals surface area contributed by atoms with E-state index in [9.17, 15) is 9.59 Å². The normalized spacial score (nSPS) is 10.2. The zero-order valence-electron chi connectivity index (χ0n) is 10.8. The largest absolute Gasteiger partial charge is 0.326 e. The molecule has 1 N–H and O–H groups in total. The van der Waals surface area contributed by atoms with E-state index in [0.29, 0.717) is 15.6 Å². The Bertz CT molecular complexity index is 605. The van der Waals surface area contributed by atoms with Crippen LogP contribution in [0.15, 0.2) is 30.3 Å². The second-order valence-electron chi connectivity index (χ2n) is 4.17. The molecule has 0 saturated heterocycles. The summed E-state index contributed by atoms with van der Waals surface area (Å²) in [5.41, 5.74) is 1.45. The number of anilines is 1. The van der Waals surface area contributed by atoms with E-state index < -0.39 is 0 Å². The maximum Gasteiger partial charge on any atom is 0.231 e. The number of carbonyl (C=O) groups is 2. The van der Waals surface area contributed by atoms with Gasteiger partial charge in [-0.15, -0.1) is 11.3 Å². The Hall–Kier alpha value is -2.01. The van der Waals surface area contributed by atoms with E-state index in [-0.39, 0.29) is 18.1 Å². The maximum atomic E-state index is 11.8. The molecular formula is C14H14N2O2S. The van der Waals surface area contributed by atoms with Gasteiger partial charge in [-0.1, -0.05) is 18.2 Å². The summed E-state index contributed by atoms with van der Waals surface area (Å²) in [6, 6.07) is 9.25. The number of nitrogens with zero attached hydrogens (tertiary/aromatic N) is 1.